The normalized spacial score (nSPS) is 21.7. The summed E-state index contributed by atoms with van der Waals surface area (Å²) in [7, 11) is 3.66. The second-order valence-corrected chi connectivity index (χ2v) is 12.6. The lowest BCUT2D eigenvalue weighted by Crippen LogP contribution is -2.44. The number of methoxy groups -OCH3 is 1. The van der Waals surface area contributed by atoms with Crippen LogP contribution in [0.4, 0.5) is 5.69 Å². The maximum absolute atomic E-state index is 11.5. The summed E-state index contributed by atoms with van der Waals surface area (Å²) in [4.78, 5) is 15.7. The number of ether oxygens (including phenoxy) is 2. The number of allylic oxidation sites excluding steroid dienone is 1. The van der Waals surface area contributed by atoms with Crippen molar-refractivity contribution in [1.29, 1.82) is 0 Å². The van der Waals surface area contributed by atoms with Crippen molar-refractivity contribution in [2.24, 2.45) is 11.8 Å². The molecule has 0 radical (unpaired) electrons. The number of aryl methyl sites for hydroxylation is 1. The van der Waals surface area contributed by atoms with Gasteiger partial charge in [0, 0.05) is 51.7 Å². The van der Waals surface area contributed by atoms with E-state index in [4.69, 9.17) is 21.1 Å². The van der Waals surface area contributed by atoms with Gasteiger partial charge in [0.2, 0.25) is 5.91 Å². The number of hydrogen-bond acceptors (Lipinski definition) is 5. The number of amides is 1. The molecule has 230 valence electrons. The number of aliphatic hydroxyl groups excluding tert-OH is 1. The summed E-state index contributed by atoms with van der Waals surface area (Å²) in [5, 5.41) is 11.2. The van der Waals surface area contributed by atoms with Gasteiger partial charge in [0.25, 0.3) is 0 Å². The van der Waals surface area contributed by atoms with Gasteiger partial charge in [-0.3, -0.25) is 4.79 Å². The first-order valence-corrected chi connectivity index (χ1v) is 16.0. The van der Waals surface area contributed by atoms with Crippen LogP contribution in [0.3, 0.4) is 0 Å². The molecule has 42 heavy (non-hydrogen) atoms. The largest absolute Gasteiger partial charge is 0.491 e. The third-order valence-electron chi connectivity index (χ3n) is 9.10. The van der Waals surface area contributed by atoms with Crippen LogP contribution < -0.4 is 9.64 Å². The molecule has 5 atom stereocenters. The Balaban J connectivity index is 1.53. The molecule has 1 aliphatic heterocycles. The van der Waals surface area contributed by atoms with E-state index in [1.165, 1.54) is 11.1 Å². The van der Waals surface area contributed by atoms with Crippen LogP contribution in [-0.4, -0.2) is 62.4 Å². The van der Waals surface area contributed by atoms with Crippen LogP contribution in [0.2, 0.25) is 5.02 Å². The van der Waals surface area contributed by atoms with E-state index in [1.807, 2.05) is 39.3 Å². The lowest BCUT2D eigenvalue weighted by Gasteiger charge is -2.43. The molecule has 2 aliphatic rings. The monoisotopic (exact) mass is 596 g/mol. The number of unbranched alkanes of at least 4 members (excludes halogenated alkanes) is 1. The number of carbonyl (C=O) groups is 1. The number of fused-ring (bicyclic) bond motifs is 1. The molecule has 0 aromatic heterocycles. The number of aliphatic hydroxyl groups is 1. The molecule has 1 heterocycles. The number of hydrogen-bond donors (Lipinski definition) is 1. The first kappa shape index (κ1) is 32.4. The van der Waals surface area contributed by atoms with Gasteiger partial charge in [0.15, 0.2) is 0 Å². The number of anilines is 1. The predicted molar refractivity (Wildman–Crippen MR) is 172 cm³/mol. The summed E-state index contributed by atoms with van der Waals surface area (Å²) < 4.78 is 12.5. The van der Waals surface area contributed by atoms with Crippen molar-refractivity contribution in [1.82, 2.24) is 4.90 Å². The van der Waals surface area contributed by atoms with Gasteiger partial charge in [-0.15, -0.1) is 0 Å². The van der Waals surface area contributed by atoms with Crippen molar-refractivity contribution in [3.63, 3.8) is 0 Å². The fraction of sp³-hybridized carbons (Fsp3) is 0.571. The summed E-state index contributed by atoms with van der Waals surface area (Å²) in [6.07, 6.45) is 10.2. The molecule has 2 aromatic rings. The van der Waals surface area contributed by atoms with Crippen LogP contribution in [0, 0.1) is 11.8 Å². The Bertz CT molecular complexity index is 1220. The zero-order chi connectivity index (χ0) is 30.2. The lowest BCUT2D eigenvalue weighted by atomic mass is 9.70. The van der Waals surface area contributed by atoms with Gasteiger partial charge in [0.05, 0.1) is 24.5 Å². The van der Waals surface area contributed by atoms with Crippen molar-refractivity contribution < 1.29 is 19.4 Å². The Labute approximate surface area is 257 Å². The quantitative estimate of drug-likeness (QED) is 0.196. The molecule has 5 unspecified atom stereocenters. The Morgan fingerprint density at radius 3 is 2.74 bits per heavy atom. The van der Waals surface area contributed by atoms with Crippen molar-refractivity contribution >= 4 is 23.2 Å². The summed E-state index contributed by atoms with van der Waals surface area (Å²) in [6, 6.07) is 12.4. The van der Waals surface area contributed by atoms with Crippen molar-refractivity contribution in [2.75, 3.05) is 45.3 Å². The molecule has 1 amide bonds. The third-order valence-corrected chi connectivity index (χ3v) is 9.34. The van der Waals surface area contributed by atoms with Crippen LogP contribution >= 0.6 is 11.6 Å². The van der Waals surface area contributed by atoms with Gasteiger partial charge >= 0.3 is 0 Å². The van der Waals surface area contributed by atoms with Crippen LogP contribution in [0.5, 0.6) is 5.75 Å². The number of nitrogens with zero attached hydrogens (tertiary/aromatic N) is 2. The fourth-order valence-corrected chi connectivity index (χ4v) is 6.55. The highest BCUT2D eigenvalue weighted by Gasteiger charge is 2.38. The minimum Gasteiger partial charge on any atom is -0.491 e. The molecule has 2 aromatic carbocycles. The van der Waals surface area contributed by atoms with Crippen LogP contribution in [0.15, 0.2) is 48.6 Å². The topological polar surface area (TPSA) is 62.2 Å². The van der Waals surface area contributed by atoms with E-state index in [1.54, 1.807) is 11.8 Å². The molecule has 6 nitrogen and oxygen atoms in total. The van der Waals surface area contributed by atoms with Crippen LogP contribution in [0.1, 0.15) is 81.6 Å². The number of rotatable bonds is 13. The molecule has 1 fully saturated rings. The van der Waals surface area contributed by atoms with E-state index in [0.717, 1.165) is 80.2 Å². The average molecular weight is 597 g/mol. The van der Waals surface area contributed by atoms with Gasteiger partial charge in [-0.2, -0.15) is 0 Å². The Morgan fingerprint density at radius 1 is 1.26 bits per heavy atom. The standard InChI is InChI=1S/C35H49ClN2O4/c1-6-10-27-19-30(36)14-16-31(27)29-22-38(33-20-26(24(2)39)13-17-35(33)42-23-29)21-28-12-15-32(28)34(41-5)11-8-7-9-18-37(4)25(3)40/h8,11,13-14,16-17,19-20,24,28-29,32,34,39H,6-7,9-10,12,15,18,21-23H2,1-5H3/b11-8+. The molecule has 7 heteroatoms. The van der Waals surface area contributed by atoms with Gasteiger partial charge in [-0.05, 0) is 91.8 Å². The second kappa shape index (κ2) is 15.3. The zero-order valence-corrected chi connectivity index (χ0v) is 26.8. The van der Waals surface area contributed by atoms with Gasteiger partial charge in [0.1, 0.15) is 5.75 Å². The van der Waals surface area contributed by atoms with Crippen LogP contribution in [0.25, 0.3) is 0 Å². The van der Waals surface area contributed by atoms with Crippen LogP contribution in [-0.2, 0) is 16.0 Å². The molecule has 1 saturated carbocycles. The SMILES string of the molecule is CCCc1cc(Cl)ccc1C1COc2ccc(C(C)O)cc2N(CC2CCC2C(/C=C/CCCN(C)C(C)=O)OC)C1. The predicted octanol–water partition coefficient (Wildman–Crippen LogP) is 7.18. The highest BCUT2D eigenvalue weighted by Crippen LogP contribution is 2.43. The molecular formula is C35H49ClN2O4. The number of carbonyl (C=O) groups excluding carboxylic acids is 1. The lowest BCUT2D eigenvalue weighted by molar-refractivity contribution is -0.127. The van der Waals surface area contributed by atoms with Gasteiger partial charge in [-0.1, -0.05) is 49.2 Å². The van der Waals surface area contributed by atoms with Crippen molar-refractivity contribution in [3.05, 3.63) is 70.3 Å². The van der Waals surface area contributed by atoms with E-state index in [-0.39, 0.29) is 17.9 Å². The van der Waals surface area contributed by atoms with Gasteiger partial charge < -0.3 is 24.4 Å². The van der Waals surface area contributed by atoms with E-state index in [0.29, 0.717) is 18.4 Å². The smallest absolute Gasteiger partial charge is 0.219 e. The van der Waals surface area contributed by atoms with E-state index in [2.05, 4.69) is 42.2 Å². The average Bonchev–Trinajstić information content (AvgIpc) is 3.13. The summed E-state index contributed by atoms with van der Waals surface area (Å²) in [5.41, 5.74) is 4.58. The Morgan fingerprint density at radius 2 is 2.07 bits per heavy atom. The molecular weight excluding hydrogens is 548 g/mol. The minimum absolute atomic E-state index is 0.0732. The Hall–Kier alpha value is -2.54. The summed E-state index contributed by atoms with van der Waals surface area (Å²) in [6.45, 7) is 8.75. The number of benzene rings is 2. The zero-order valence-electron chi connectivity index (χ0n) is 26.0. The molecule has 0 bridgehead atoms. The van der Waals surface area contributed by atoms with Crippen molar-refractivity contribution in [3.8, 4) is 5.75 Å². The molecule has 1 aliphatic carbocycles. The summed E-state index contributed by atoms with van der Waals surface area (Å²) >= 11 is 6.41. The van der Waals surface area contributed by atoms with Gasteiger partial charge in [-0.25, -0.2) is 0 Å². The number of halogens is 1. The Kier molecular flexibility index (Phi) is 11.8. The molecule has 0 spiro atoms. The van der Waals surface area contributed by atoms with E-state index < -0.39 is 6.10 Å². The highest BCUT2D eigenvalue weighted by atomic mass is 35.5. The summed E-state index contributed by atoms with van der Waals surface area (Å²) in [5.74, 6) is 2.12. The maximum Gasteiger partial charge on any atom is 0.219 e. The first-order chi connectivity index (χ1) is 20.2. The first-order valence-electron chi connectivity index (χ1n) is 15.6. The molecule has 4 rings (SSSR count). The third kappa shape index (κ3) is 8.09. The van der Waals surface area contributed by atoms with E-state index >= 15 is 0 Å². The minimum atomic E-state index is -0.543. The fourth-order valence-electron chi connectivity index (χ4n) is 6.36. The molecule has 1 N–H and O–H groups in total. The second-order valence-electron chi connectivity index (χ2n) is 12.1. The highest BCUT2D eigenvalue weighted by molar-refractivity contribution is 6.30. The van der Waals surface area contributed by atoms with Crippen molar-refractivity contribution in [2.45, 2.75) is 77.4 Å². The molecule has 0 saturated heterocycles. The van der Waals surface area contributed by atoms with E-state index in [9.17, 15) is 9.90 Å². The maximum atomic E-state index is 11.5.